The first-order valence-corrected chi connectivity index (χ1v) is 32.9. The average Bonchev–Trinajstić information content (AvgIpc) is 0.818. The van der Waals surface area contributed by atoms with E-state index in [-0.39, 0.29) is 109 Å². The molecule has 0 atom stereocenters. The monoisotopic (exact) mass is 1580 g/mol. The normalized spacial score (nSPS) is 10.5. The molecule has 0 saturated carbocycles. The molecular weight excluding hydrogens is 1510 g/mol. The van der Waals surface area contributed by atoms with E-state index in [2.05, 4.69) is 77.0 Å². The standard InChI is InChI=1S/C24H22O4.C16H4Br2O4.C16H6O4.6C2H6.CH2I2.CH4.CH3.V/c1-23(2,3)11-7-13-17-14(8-11)20(26)22(28)16-10-12(24(4,5)6)9-15(18(16)17)21(27)19(13)25;17-5-1-7-11-8(2-5)15(21)16(22)10-4-6(18)3-9(12(10)11)14(20)13(7)19;17-13-7-3-1-4-8-11(7)12-9(15(13)19)5-2-6-10(12)16(20)14(8)18;6*1-2;2-1-3;;;/h7-10H,1-6H3;1-4H;1-6H;6*1-2H3;1H2;1H4;1H3;/q;;;;;;;;;;;-1;. The van der Waals surface area contributed by atoms with Crippen molar-refractivity contribution in [3.05, 3.63) is 235 Å². The second kappa shape index (κ2) is 34.5. The molecule has 0 heterocycles. The first-order chi connectivity index (χ1) is 40.2. The van der Waals surface area contributed by atoms with E-state index in [1.54, 1.807) is 24.3 Å². The maximum Gasteiger partial charge on any atom is 0.234 e. The summed E-state index contributed by atoms with van der Waals surface area (Å²) in [5.41, 5.74) is -4.35. The molecule has 12 nitrogen and oxygen atoms in total. The Morgan fingerprint density at radius 2 is 0.420 bits per heavy atom. The van der Waals surface area contributed by atoms with Crippen molar-refractivity contribution in [2.75, 3.05) is 2.43 Å². The summed E-state index contributed by atoms with van der Waals surface area (Å²) >= 11 is 11.0. The fourth-order valence-corrected chi connectivity index (χ4v) is 10.7. The summed E-state index contributed by atoms with van der Waals surface area (Å²) in [4.78, 5) is 150. The van der Waals surface area contributed by atoms with Crippen molar-refractivity contribution in [2.45, 2.75) is 143 Å². The molecule has 6 aliphatic rings. The Morgan fingerprint density at radius 3 is 0.568 bits per heavy atom. The van der Waals surface area contributed by atoms with Crippen molar-refractivity contribution in [1.29, 1.82) is 0 Å². The molecule has 0 fully saturated rings. The van der Waals surface area contributed by atoms with Crippen LogP contribution in [-0.4, -0.2) is 2.43 Å². The quantitative estimate of drug-likeness (QED) is 0.0457. The van der Waals surface area contributed by atoms with Crippen LogP contribution >= 0.6 is 77.0 Å². The molecule has 6 aromatic rings. The van der Waals surface area contributed by atoms with E-state index in [1.807, 2.05) is 125 Å². The summed E-state index contributed by atoms with van der Waals surface area (Å²) in [7, 11) is 0. The molecule has 467 valence electrons. The number of alkyl halides is 2. The molecule has 6 aliphatic carbocycles. The zero-order valence-electron chi connectivity index (χ0n) is 52.6. The first kappa shape index (κ1) is 82.4. The van der Waals surface area contributed by atoms with Crippen molar-refractivity contribution in [2.24, 2.45) is 0 Å². The zero-order valence-corrected chi connectivity index (χ0v) is 61.5. The van der Waals surface area contributed by atoms with Crippen molar-refractivity contribution in [3.8, 4) is 33.4 Å². The van der Waals surface area contributed by atoms with Crippen molar-refractivity contribution < 1.29 is 18.6 Å². The largest absolute Gasteiger partial charge is 0.358 e. The van der Waals surface area contributed by atoms with Gasteiger partial charge in [0.25, 0.3) is 0 Å². The van der Waals surface area contributed by atoms with Gasteiger partial charge in [-0.2, -0.15) is 0 Å². The van der Waals surface area contributed by atoms with E-state index in [4.69, 9.17) is 0 Å². The van der Waals surface area contributed by atoms with Crippen LogP contribution in [0.4, 0.5) is 0 Å². The average molecular weight is 1590 g/mol. The van der Waals surface area contributed by atoms with Gasteiger partial charge in [0.05, 0.1) is 2.43 Å². The van der Waals surface area contributed by atoms with Gasteiger partial charge in [-0.25, -0.2) is 0 Å². The minimum Gasteiger partial charge on any atom is -0.358 e. The van der Waals surface area contributed by atoms with Crippen molar-refractivity contribution in [3.63, 3.8) is 0 Å². The molecule has 0 unspecified atom stereocenters. The summed E-state index contributed by atoms with van der Waals surface area (Å²) in [6, 6.07) is 21.9. The molecule has 0 N–H and O–H groups in total. The van der Waals surface area contributed by atoms with Crippen LogP contribution in [0.15, 0.2) is 151 Å². The van der Waals surface area contributed by atoms with Crippen LogP contribution in [0.25, 0.3) is 98.0 Å². The van der Waals surface area contributed by atoms with Gasteiger partial charge >= 0.3 is 0 Å². The third kappa shape index (κ3) is 15.2. The Bertz CT molecular complexity index is 4310. The van der Waals surface area contributed by atoms with Gasteiger partial charge in [-0.1, -0.05) is 245 Å². The van der Waals surface area contributed by atoms with E-state index in [0.717, 1.165) is 11.1 Å². The topological polar surface area (TPSA) is 205 Å². The number of hydrogen-bond acceptors (Lipinski definition) is 12. The van der Waals surface area contributed by atoms with Gasteiger partial charge in [-0.3, -0.25) is 57.5 Å². The number of halogens is 4. The van der Waals surface area contributed by atoms with Crippen LogP contribution in [0, 0.1) is 7.43 Å². The van der Waals surface area contributed by atoms with Crippen molar-refractivity contribution >= 4 is 142 Å². The number of hydrogen-bond donors (Lipinski definition) is 0. The zero-order chi connectivity index (χ0) is 65.2. The van der Waals surface area contributed by atoms with Crippen molar-refractivity contribution in [1.82, 2.24) is 0 Å². The summed E-state index contributed by atoms with van der Waals surface area (Å²) in [6.07, 6.45) is 0. The molecule has 6 aromatic carbocycles. The molecule has 0 saturated heterocycles. The SMILES string of the molecule is C.CC.CC.CC.CC.CC.CC.CC(C)(C)c1cc2c3c(c1)c(=O)c(=O)c1cc(C(C)(C)C)cc(c1-3)c(=O)c2=O.ICI.O=c1c(=O)c2cc(Br)cc3c2-c2c1cc(Br)cc2c(=O)c3=O.O=c1c(=O)c2cccc3c2-c2c1cccc2c(=O)c3=O.[CH3-].[V]. The number of benzene rings is 12. The Morgan fingerprint density at radius 1 is 0.295 bits per heavy atom. The molecule has 0 amide bonds. The van der Waals surface area contributed by atoms with E-state index in [1.165, 1.54) is 63.1 Å². The summed E-state index contributed by atoms with van der Waals surface area (Å²) < 4.78 is 2.15. The van der Waals surface area contributed by atoms with E-state index in [0.29, 0.717) is 42.3 Å². The fraction of sp³-hybridized carbons (Fsp3) is 0.310. The maximum atomic E-state index is 12.9. The second-order valence-electron chi connectivity index (χ2n) is 19.7. The Balaban J connectivity index is 0.00000115. The molecule has 12 rings (SSSR count). The van der Waals surface area contributed by atoms with Gasteiger partial charge < -0.3 is 7.43 Å². The van der Waals surface area contributed by atoms with Crippen LogP contribution in [0.3, 0.4) is 0 Å². The summed E-state index contributed by atoms with van der Waals surface area (Å²) in [5, 5.41) is 2.35. The van der Waals surface area contributed by atoms with Crippen LogP contribution in [0.1, 0.15) is 143 Å². The van der Waals surface area contributed by atoms with Gasteiger partial charge in [-0.05, 0) is 70.5 Å². The molecular formula is C71H77Br2I2O12V-. The van der Waals surface area contributed by atoms with Gasteiger partial charge in [0.1, 0.15) is 0 Å². The third-order valence-electron chi connectivity index (χ3n) is 13.3. The van der Waals surface area contributed by atoms with Crippen LogP contribution in [-0.2, 0) is 29.4 Å². The Labute approximate surface area is 568 Å². The Kier molecular flexibility index (Phi) is 32.3. The van der Waals surface area contributed by atoms with Gasteiger partial charge in [-0.15, -0.1) is 0 Å². The van der Waals surface area contributed by atoms with Crippen LogP contribution in [0.2, 0.25) is 0 Å². The summed E-state index contributed by atoms with van der Waals surface area (Å²) in [5.74, 6) is 0. The third-order valence-corrected chi connectivity index (χ3v) is 14.2. The van der Waals surface area contributed by atoms with Crippen LogP contribution in [0.5, 0.6) is 0 Å². The minimum atomic E-state index is -0.670. The molecule has 0 aromatic heterocycles. The molecule has 1 radical (unpaired) electrons. The van der Waals surface area contributed by atoms with E-state index in [9.17, 15) is 57.5 Å². The molecule has 0 spiro atoms. The molecule has 17 heteroatoms. The van der Waals surface area contributed by atoms with E-state index < -0.39 is 65.1 Å². The predicted molar refractivity (Wildman–Crippen MR) is 397 cm³/mol. The first-order valence-electron chi connectivity index (χ1n) is 28.2. The second-order valence-corrected chi connectivity index (χ2v) is 25.9. The summed E-state index contributed by atoms with van der Waals surface area (Å²) in [6.45, 7) is 35.8. The predicted octanol–water partition coefficient (Wildman–Crippen LogP) is 15.7. The maximum absolute atomic E-state index is 12.9. The van der Waals surface area contributed by atoms with Gasteiger partial charge in [0.2, 0.25) is 65.1 Å². The molecule has 88 heavy (non-hydrogen) atoms. The van der Waals surface area contributed by atoms with Gasteiger partial charge in [0.15, 0.2) is 0 Å². The minimum absolute atomic E-state index is 0. The number of rotatable bonds is 0. The molecule has 0 aliphatic heterocycles. The smallest absolute Gasteiger partial charge is 0.234 e. The Hall–Kier alpha value is -5.64. The fourth-order valence-electron chi connectivity index (χ4n) is 9.74. The molecule has 0 bridgehead atoms. The van der Waals surface area contributed by atoms with Gasteiger partial charge in [0, 0.05) is 126 Å². The van der Waals surface area contributed by atoms with Crippen LogP contribution < -0.4 is 65.1 Å². The van der Waals surface area contributed by atoms with E-state index >= 15 is 0 Å².